The first kappa shape index (κ1) is 11.8. The van der Waals surface area contributed by atoms with Gasteiger partial charge in [0.2, 0.25) is 0 Å². The summed E-state index contributed by atoms with van der Waals surface area (Å²) in [7, 11) is 2.21. The van der Waals surface area contributed by atoms with E-state index in [1.165, 1.54) is 47.0 Å². The molecule has 1 aromatic carbocycles. The summed E-state index contributed by atoms with van der Waals surface area (Å²) < 4.78 is 2.40. The van der Waals surface area contributed by atoms with Crippen molar-refractivity contribution in [2.45, 2.75) is 39.0 Å². The van der Waals surface area contributed by atoms with Gasteiger partial charge in [-0.3, -0.25) is 0 Å². The first-order valence-electron chi connectivity index (χ1n) is 6.92. The van der Waals surface area contributed by atoms with Gasteiger partial charge in [0.15, 0.2) is 0 Å². The standard InChI is InChI=1S/C16H22N2/c1-10-7-11(2)15-14(8-10)13-6-4-5-12(9-17)16(13)18(15)3/h7-8,12H,4-6,9,17H2,1-3H3. The molecule has 0 spiro atoms. The van der Waals surface area contributed by atoms with Crippen molar-refractivity contribution in [1.29, 1.82) is 0 Å². The first-order chi connectivity index (χ1) is 8.63. The maximum absolute atomic E-state index is 5.96. The van der Waals surface area contributed by atoms with E-state index in [1.807, 2.05) is 0 Å². The zero-order valence-electron chi connectivity index (χ0n) is 11.6. The highest BCUT2D eigenvalue weighted by Gasteiger charge is 2.26. The Balaban J connectivity index is 2.38. The van der Waals surface area contributed by atoms with E-state index >= 15 is 0 Å². The van der Waals surface area contributed by atoms with E-state index in [9.17, 15) is 0 Å². The second-order valence-electron chi connectivity index (χ2n) is 5.73. The number of fused-ring (bicyclic) bond motifs is 3. The maximum atomic E-state index is 5.96. The molecule has 2 nitrogen and oxygen atoms in total. The van der Waals surface area contributed by atoms with Gasteiger partial charge in [-0.15, -0.1) is 0 Å². The predicted octanol–water partition coefficient (Wildman–Crippen LogP) is 3.17. The number of benzene rings is 1. The van der Waals surface area contributed by atoms with Crippen molar-refractivity contribution in [2.75, 3.05) is 6.54 Å². The number of aryl methyl sites for hydroxylation is 4. The Kier molecular flexibility index (Phi) is 2.70. The molecule has 1 heterocycles. The summed E-state index contributed by atoms with van der Waals surface area (Å²) in [5, 5.41) is 1.46. The quantitative estimate of drug-likeness (QED) is 0.818. The predicted molar refractivity (Wildman–Crippen MR) is 77.1 cm³/mol. The van der Waals surface area contributed by atoms with Gasteiger partial charge >= 0.3 is 0 Å². The lowest BCUT2D eigenvalue weighted by Gasteiger charge is -2.23. The van der Waals surface area contributed by atoms with E-state index in [4.69, 9.17) is 5.73 Å². The zero-order valence-corrected chi connectivity index (χ0v) is 11.6. The van der Waals surface area contributed by atoms with Crippen molar-refractivity contribution < 1.29 is 0 Å². The number of nitrogens with two attached hydrogens (primary N) is 1. The van der Waals surface area contributed by atoms with Crippen LogP contribution in [0.3, 0.4) is 0 Å². The molecule has 2 heteroatoms. The van der Waals surface area contributed by atoms with Crippen LogP contribution in [0.1, 0.15) is 41.1 Å². The van der Waals surface area contributed by atoms with Gasteiger partial charge in [0.25, 0.3) is 0 Å². The average molecular weight is 242 g/mol. The van der Waals surface area contributed by atoms with E-state index < -0.39 is 0 Å². The van der Waals surface area contributed by atoms with Gasteiger partial charge < -0.3 is 10.3 Å². The molecule has 0 radical (unpaired) electrons. The number of rotatable bonds is 1. The minimum absolute atomic E-state index is 0.547. The molecule has 0 saturated carbocycles. The number of hydrogen-bond donors (Lipinski definition) is 1. The third-order valence-electron chi connectivity index (χ3n) is 4.43. The normalized spacial score (nSPS) is 19.2. The first-order valence-corrected chi connectivity index (χ1v) is 6.92. The summed E-state index contributed by atoms with van der Waals surface area (Å²) >= 11 is 0. The summed E-state index contributed by atoms with van der Waals surface area (Å²) in [5.41, 5.74) is 13.2. The van der Waals surface area contributed by atoms with Crippen LogP contribution in [-0.4, -0.2) is 11.1 Å². The van der Waals surface area contributed by atoms with Crippen molar-refractivity contribution in [1.82, 2.24) is 4.57 Å². The highest BCUT2D eigenvalue weighted by Crippen LogP contribution is 2.38. The van der Waals surface area contributed by atoms with Crippen LogP contribution in [-0.2, 0) is 13.5 Å². The van der Waals surface area contributed by atoms with Gasteiger partial charge in [0.1, 0.15) is 0 Å². The third-order valence-corrected chi connectivity index (χ3v) is 4.43. The molecule has 1 aliphatic carbocycles. The molecule has 1 aliphatic rings. The lowest BCUT2D eigenvalue weighted by molar-refractivity contribution is 0.534. The SMILES string of the molecule is Cc1cc(C)c2c(c1)c1c(n2C)C(CN)CCC1. The third kappa shape index (κ3) is 1.52. The molecule has 2 N–H and O–H groups in total. The molecule has 2 aromatic rings. The lowest BCUT2D eigenvalue weighted by Crippen LogP contribution is -2.20. The molecule has 0 saturated heterocycles. The Morgan fingerprint density at radius 1 is 1.33 bits per heavy atom. The van der Waals surface area contributed by atoms with Crippen LogP contribution in [0, 0.1) is 13.8 Å². The fourth-order valence-corrected chi connectivity index (χ4v) is 3.77. The molecule has 1 atom stereocenters. The maximum Gasteiger partial charge on any atom is 0.0512 e. The largest absolute Gasteiger partial charge is 0.347 e. The molecule has 18 heavy (non-hydrogen) atoms. The number of nitrogens with zero attached hydrogens (tertiary/aromatic N) is 1. The summed E-state index contributed by atoms with van der Waals surface area (Å²) in [6, 6.07) is 4.63. The van der Waals surface area contributed by atoms with Crippen LogP contribution in [0.4, 0.5) is 0 Å². The van der Waals surface area contributed by atoms with Gasteiger partial charge in [-0.05, 0) is 50.3 Å². The zero-order chi connectivity index (χ0) is 12.9. The molecule has 0 bridgehead atoms. The lowest BCUT2D eigenvalue weighted by atomic mass is 9.86. The smallest absolute Gasteiger partial charge is 0.0512 e. The topological polar surface area (TPSA) is 30.9 Å². The second kappa shape index (κ2) is 4.13. The van der Waals surface area contributed by atoms with E-state index in [0.29, 0.717) is 5.92 Å². The average Bonchev–Trinajstić information content (AvgIpc) is 2.63. The minimum atomic E-state index is 0.547. The summed E-state index contributed by atoms with van der Waals surface area (Å²) in [4.78, 5) is 0. The molecule has 1 unspecified atom stereocenters. The van der Waals surface area contributed by atoms with E-state index in [1.54, 1.807) is 5.56 Å². The van der Waals surface area contributed by atoms with Gasteiger partial charge in [0.05, 0.1) is 5.52 Å². The number of aromatic nitrogens is 1. The van der Waals surface area contributed by atoms with E-state index in [-0.39, 0.29) is 0 Å². The van der Waals surface area contributed by atoms with Crippen molar-refractivity contribution in [3.05, 3.63) is 34.5 Å². The van der Waals surface area contributed by atoms with Crippen LogP contribution in [0.2, 0.25) is 0 Å². The molecule has 0 fully saturated rings. The number of hydrogen-bond acceptors (Lipinski definition) is 1. The highest BCUT2D eigenvalue weighted by atomic mass is 15.0. The van der Waals surface area contributed by atoms with Crippen molar-refractivity contribution in [3.8, 4) is 0 Å². The second-order valence-corrected chi connectivity index (χ2v) is 5.73. The summed E-state index contributed by atoms with van der Waals surface area (Å²) in [5.74, 6) is 0.547. The molecular formula is C16H22N2. The van der Waals surface area contributed by atoms with Gasteiger partial charge in [-0.2, -0.15) is 0 Å². The van der Waals surface area contributed by atoms with Gasteiger partial charge in [-0.1, -0.05) is 11.6 Å². The van der Waals surface area contributed by atoms with Gasteiger partial charge in [-0.25, -0.2) is 0 Å². The molecule has 3 rings (SSSR count). The Morgan fingerprint density at radius 3 is 2.83 bits per heavy atom. The van der Waals surface area contributed by atoms with Crippen molar-refractivity contribution >= 4 is 10.9 Å². The van der Waals surface area contributed by atoms with Crippen LogP contribution in [0.5, 0.6) is 0 Å². The minimum Gasteiger partial charge on any atom is -0.347 e. The monoisotopic (exact) mass is 242 g/mol. The summed E-state index contributed by atoms with van der Waals surface area (Å²) in [6.07, 6.45) is 3.73. The Labute approximate surface area is 109 Å². The van der Waals surface area contributed by atoms with Gasteiger partial charge in [0, 0.05) is 30.6 Å². The van der Waals surface area contributed by atoms with Crippen LogP contribution >= 0.6 is 0 Å². The fraction of sp³-hybridized carbons (Fsp3) is 0.500. The fourth-order valence-electron chi connectivity index (χ4n) is 3.77. The molecule has 0 amide bonds. The van der Waals surface area contributed by atoms with E-state index in [2.05, 4.69) is 37.6 Å². The molecule has 1 aromatic heterocycles. The molecule has 96 valence electrons. The summed E-state index contributed by atoms with van der Waals surface area (Å²) in [6.45, 7) is 5.18. The van der Waals surface area contributed by atoms with Crippen LogP contribution in [0.15, 0.2) is 12.1 Å². The van der Waals surface area contributed by atoms with Crippen molar-refractivity contribution in [3.63, 3.8) is 0 Å². The Bertz CT molecular complexity index is 607. The van der Waals surface area contributed by atoms with E-state index in [0.717, 1.165) is 6.54 Å². The Morgan fingerprint density at radius 2 is 2.11 bits per heavy atom. The molecular weight excluding hydrogens is 220 g/mol. The van der Waals surface area contributed by atoms with Crippen LogP contribution in [0.25, 0.3) is 10.9 Å². The van der Waals surface area contributed by atoms with Crippen LogP contribution < -0.4 is 5.73 Å². The van der Waals surface area contributed by atoms with Crippen molar-refractivity contribution in [2.24, 2.45) is 12.8 Å². The molecule has 0 aliphatic heterocycles. The highest BCUT2D eigenvalue weighted by molar-refractivity contribution is 5.89. The Hall–Kier alpha value is -1.28.